The highest BCUT2D eigenvalue weighted by Crippen LogP contribution is 2.18. The van der Waals surface area contributed by atoms with Gasteiger partial charge in [0, 0.05) is 11.6 Å². The molecule has 6 nitrogen and oxygen atoms in total. The lowest BCUT2D eigenvalue weighted by Crippen LogP contribution is -2.26. The van der Waals surface area contributed by atoms with Gasteiger partial charge in [0.05, 0.1) is 11.4 Å². The lowest BCUT2D eigenvalue weighted by atomic mass is 10.1. The SMILES string of the molecule is CCCc1c(C(=O)NCCCc2ccc(O)cc2)nnn1-c1cccc(Cl)c1. The molecular weight excluding hydrogens is 376 g/mol. The van der Waals surface area contributed by atoms with Crippen LogP contribution >= 0.6 is 11.6 Å². The molecule has 3 aromatic rings. The summed E-state index contributed by atoms with van der Waals surface area (Å²) in [7, 11) is 0. The second-order valence-electron chi connectivity index (χ2n) is 6.55. The number of amides is 1. The minimum absolute atomic E-state index is 0.220. The predicted octanol–water partition coefficient (Wildman–Crippen LogP) is 3.94. The van der Waals surface area contributed by atoms with Crippen LogP contribution in [0.1, 0.15) is 41.5 Å². The van der Waals surface area contributed by atoms with Crippen molar-refractivity contribution >= 4 is 17.5 Å². The number of rotatable bonds is 8. The summed E-state index contributed by atoms with van der Waals surface area (Å²) in [6.07, 6.45) is 3.17. The van der Waals surface area contributed by atoms with Gasteiger partial charge in [0.2, 0.25) is 0 Å². The van der Waals surface area contributed by atoms with Crippen molar-refractivity contribution in [2.24, 2.45) is 0 Å². The Labute approximate surface area is 169 Å². The van der Waals surface area contributed by atoms with Crippen LogP contribution in [0.5, 0.6) is 5.75 Å². The van der Waals surface area contributed by atoms with Gasteiger partial charge in [-0.15, -0.1) is 5.10 Å². The third-order valence-corrected chi connectivity index (χ3v) is 4.62. The number of carbonyl (C=O) groups is 1. The highest BCUT2D eigenvalue weighted by atomic mass is 35.5. The molecule has 146 valence electrons. The van der Waals surface area contributed by atoms with Crippen molar-refractivity contribution in [1.82, 2.24) is 20.3 Å². The first-order chi connectivity index (χ1) is 13.6. The number of aromatic nitrogens is 3. The van der Waals surface area contributed by atoms with Gasteiger partial charge in [-0.3, -0.25) is 4.79 Å². The van der Waals surface area contributed by atoms with Crippen LogP contribution in [-0.2, 0) is 12.8 Å². The van der Waals surface area contributed by atoms with Gasteiger partial charge in [0.25, 0.3) is 5.91 Å². The second-order valence-corrected chi connectivity index (χ2v) is 6.99. The molecule has 0 aliphatic rings. The third kappa shape index (κ3) is 4.89. The summed E-state index contributed by atoms with van der Waals surface area (Å²) in [5.41, 5.74) is 3.03. The highest BCUT2D eigenvalue weighted by Gasteiger charge is 2.19. The number of aromatic hydroxyl groups is 1. The lowest BCUT2D eigenvalue weighted by molar-refractivity contribution is 0.0947. The van der Waals surface area contributed by atoms with E-state index >= 15 is 0 Å². The van der Waals surface area contributed by atoms with Gasteiger partial charge >= 0.3 is 0 Å². The van der Waals surface area contributed by atoms with E-state index in [1.807, 2.05) is 24.3 Å². The molecule has 7 heteroatoms. The van der Waals surface area contributed by atoms with Crippen molar-refractivity contribution in [3.63, 3.8) is 0 Å². The molecule has 0 aliphatic carbocycles. The molecule has 0 saturated heterocycles. The first kappa shape index (κ1) is 19.9. The molecule has 3 rings (SSSR count). The van der Waals surface area contributed by atoms with Crippen LogP contribution in [0.3, 0.4) is 0 Å². The van der Waals surface area contributed by atoms with Gasteiger partial charge in [0.15, 0.2) is 5.69 Å². The first-order valence-corrected chi connectivity index (χ1v) is 9.73. The minimum Gasteiger partial charge on any atom is -0.508 e. The Morgan fingerprint density at radius 1 is 1.18 bits per heavy atom. The topological polar surface area (TPSA) is 80.0 Å². The molecule has 2 aromatic carbocycles. The van der Waals surface area contributed by atoms with Crippen molar-refractivity contribution in [1.29, 1.82) is 0 Å². The summed E-state index contributed by atoms with van der Waals surface area (Å²) in [6, 6.07) is 14.4. The van der Waals surface area contributed by atoms with Crippen LogP contribution < -0.4 is 5.32 Å². The summed E-state index contributed by atoms with van der Waals surface area (Å²) in [5.74, 6) is 0.0331. The van der Waals surface area contributed by atoms with Crippen molar-refractivity contribution in [3.8, 4) is 11.4 Å². The Hall–Kier alpha value is -2.86. The van der Waals surface area contributed by atoms with E-state index in [2.05, 4.69) is 22.6 Å². The standard InChI is InChI=1S/C21H23ClN4O2/c1-2-5-19-20(24-25-26(19)17-8-3-7-16(22)14-17)21(28)23-13-4-6-15-9-11-18(27)12-10-15/h3,7-12,14,27H,2,4-6,13H2,1H3,(H,23,28). The fourth-order valence-corrected chi connectivity index (χ4v) is 3.18. The third-order valence-electron chi connectivity index (χ3n) is 4.38. The van der Waals surface area contributed by atoms with Gasteiger partial charge in [-0.1, -0.05) is 48.4 Å². The average molecular weight is 399 g/mol. The quantitative estimate of drug-likeness (QED) is 0.563. The summed E-state index contributed by atoms with van der Waals surface area (Å²) in [4.78, 5) is 12.6. The Morgan fingerprint density at radius 2 is 1.96 bits per heavy atom. The molecule has 0 aliphatic heterocycles. The molecule has 1 amide bonds. The van der Waals surface area contributed by atoms with E-state index in [4.69, 9.17) is 11.6 Å². The van der Waals surface area contributed by atoms with E-state index in [0.29, 0.717) is 23.7 Å². The van der Waals surface area contributed by atoms with Crippen LogP contribution in [0.25, 0.3) is 5.69 Å². The number of nitrogens with one attached hydrogen (secondary N) is 1. The number of phenols is 1. The maximum atomic E-state index is 12.6. The van der Waals surface area contributed by atoms with Gasteiger partial charge in [0.1, 0.15) is 5.75 Å². The zero-order chi connectivity index (χ0) is 19.9. The lowest BCUT2D eigenvalue weighted by Gasteiger charge is -2.08. The molecule has 0 atom stereocenters. The Kier molecular flexibility index (Phi) is 6.66. The summed E-state index contributed by atoms with van der Waals surface area (Å²) in [6.45, 7) is 2.59. The molecule has 0 bridgehead atoms. The fraction of sp³-hybridized carbons (Fsp3) is 0.286. The average Bonchev–Trinajstić information content (AvgIpc) is 3.10. The molecule has 0 unspecified atom stereocenters. The Bertz CT molecular complexity index is 938. The summed E-state index contributed by atoms with van der Waals surface area (Å²) >= 11 is 6.08. The largest absolute Gasteiger partial charge is 0.508 e. The number of halogens is 1. The summed E-state index contributed by atoms with van der Waals surface area (Å²) < 4.78 is 1.68. The number of aryl methyl sites for hydroxylation is 1. The van der Waals surface area contributed by atoms with E-state index in [0.717, 1.165) is 36.2 Å². The minimum atomic E-state index is -0.220. The van der Waals surface area contributed by atoms with Gasteiger partial charge in [-0.05, 0) is 55.2 Å². The van der Waals surface area contributed by atoms with Gasteiger partial charge < -0.3 is 10.4 Å². The van der Waals surface area contributed by atoms with Crippen LogP contribution in [0.2, 0.25) is 5.02 Å². The van der Waals surface area contributed by atoms with E-state index in [9.17, 15) is 9.90 Å². The smallest absolute Gasteiger partial charge is 0.273 e. The van der Waals surface area contributed by atoms with Crippen molar-refractivity contribution in [2.45, 2.75) is 32.6 Å². The molecule has 1 heterocycles. The zero-order valence-corrected chi connectivity index (χ0v) is 16.5. The summed E-state index contributed by atoms with van der Waals surface area (Å²) in [5, 5.41) is 21.1. The molecule has 28 heavy (non-hydrogen) atoms. The molecule has 0 fully saturated rings. The van der Waals surface area contributed by atoms with Crippen LogP contribution in [0.4, 0.5) is 0 Å². The second kappa shape index (κ2) is 9.37. The van der Waals surface area contributed by atoms with Gasteiger partial charge in [-0.25, -0.2) is 4.68 Å². The van der Waals surface area contributed by atoms with Crippen molar-refractivity contribution in [3.05, 3.63) is 70.5 Å². The van der Waals surface area contributed by atoms with E-state index in [1.54, 1.807) is 28.9 Å². The predicted molar refractivity (Wildman–Crippen MR) is 109 cm³/mol. The maximum Gasteiger partial charge on any atom is 0.273 e. The number of nitrogens with zero attached hydrogens (tertiary/aromatic N) is 3. The van der Waals surface area contributed by atoms with E-state index < -0.39 is 0 Å². The number of phenolic OH excluding ortho intramolecular Hbond substituents is 1. The molecule has 0 spiro atoms. The molecular formula is C21H23ClN4O2. The van der Waals surface area contributed by atoms with Crippen molar-refractivity contribution < 1.29 is 9.90 Å². The molecule has 2 N–H and O–H groups in total. The number of benzene rings is 2. The normalized spacial score (nSPS) is 10.8. The number of hydrogen-bond acceptors (Lipinski definition) is 4. The zero-order valence-electron chi connectivity index (χ0n) is 15.7. The number of carbonyl (C=O) groups excluding carboxylic acids is 1. The first-order valence-electron chi connectivity index (χ1n) is 9.35. The maximum absolute atomic E-state index is 12.6. The Balaban J connectivity index is 1.65. The highest BCUT2D eigenvalue weighted by molar-refractivity contribution is 6.30. The van der Waals surface area contributed by atoms with Crippen LogP contribution in [-0.4, -0.2) is 32.6 Å². The molecule has 0 saturated carbocycles. The monoisotopic (exact) mass is 398 g/mol. The van der Waals surface area contributed by atoms with E-state index in [-0.39, 0.29) is 11.7 Å². The van der Waals surface area contributed by atoms with Crippen LogP contribution in [0.15, 0.2) is 48.5 Å². The number of hydrogen-bond donors (Lipinski definition) is 2. The van der Waals surface area contributed by atoms with E-state index in [1.165, 1.54) is 0 Å². The molecule has 1 aromatic heterocycles. The van der Waals surface area contributed by atoms with Crippen molar-refractivity contribution in [2.75, 3.05) is 6.54 Å². The molecule has 0 radical (unpaired) electrons. The van der Waals surface area contributed by atoms with Crippen LogP contribution in [0, 0.1) is 0 Å². The van der Waals surface area contributed by atoms with Gasteiger partial charge in [-0.2, -0.15) is 0 Å². The Morgan fingerprint density at radius 3 is 2.68 bits per heavy atom. The fourth-order valence-electron chi connectivity index (χ4n) is 3.00.